The third kappa shape index (κ3) is 8.60. The molecule has 0 spiro atoms. The van der Waals surface area contributed by atoms with Crippen molar-refractivity contribution < 1.29 is 19.2 Å². The fraction of sp³-hybridized carbons (Fsp3) is 0.302. The van der Waals surface area contributed by atoms with Crippen molar-refractivity contribution in [3.05, 3.63) is 125 Å². The summed E-state index contributed by atoms with van der Waals surface area (Å²) in [6.45, 7) is 1.78. The van der Waals surface area contributed by atoms with E-state index in [1.807, 2.05) is 115 Å². The van der Waals surface area contributed by atoms with Crippen LogP contribution in [0.2, 0.25) is 0 Å². The Morgan fingerprint density at radius 3 is 1.75 bits per heavy atom. The van der Waals surface area contributed by atoms with E-state index < -0.39 is 12.1 Å². The van der Waals surface area contributed by atoms with Crippen LogP contribution in [0.4, 0.5) is 17.1 Å². The zero-order valence-corrected chi connectivity index (χ0v) is 29.3. The van der Waals surface area contributed by atoms with E-state index in [2.05, 4.69) is 16.0 Å². The van der Waals surface area contributed by atoms with Gasteiger partial charge in [-0.05, 0) is 97.5 Å². The quantitative estimate of drug-likeness (QED) is 0.134. The lowest BCUT2D eigenvalue weighted by Gasteiger charge is -2.25. The molecule has 4 aromatic carbocycles. The van der Waals surface area contributed by atoms with Gasteiger partial charge in [-0.1, -0.05) is 78.9 Å². The predicted octanol–water partition coefficient (Wildman–Crippen LogP) is 7.44. The maximum absolute atomic E-state index is 13.7. The molecule has 52 heavy (non-hydrogen) atoms. The van der Waals surface area contributed by atoms with Gasteiger partial charge in [0.05, 0.1) is 5.56 Å². The summed E-state index contributed by atoms with van der Waals surface area (Å²) in [6.07, 6.45) is 9.72. The molecule has 9 heteroatoms. The summed E-state index contributed by atoms with van der Waals surface area (Å²) in [5.74, 6) is 0.142. The fourth-order valence-corrected chi connectivity index (χ4v) is 7.08. The largest absolute Gasteiger partial charge is 0.380 e. The van der Waals surface area contributed by atoms with Gasteiger partial charge in [0.2, 0.25) is 17.7 Å². The molecule has 3 N–H and O–H groups in total. The highest BCUT2D eigenvalue weighted by Crippen LogP contribution is 2.34. The molecule has 0 unspecified atom stereocenters. The first-order valence-electron chi connectivity index (χ1n) is 18.4. The van der Waals surface area contributed by atoms with Gasteiger partial charge in [-0.15, -0.1) is 0 Å². The van der Waals surface area contributed by atoms with Crippen LogP contribution in [0.3, 0.4) is 0 Å². The topological polar surface area (TPSA) is 111 Å². The number of anilines is 3. The van der Waals surface area contributed by atoms with Gasteiger partial charge in [0.15, 0.2) is 0 Å². The molecule has 1 aliphatic carbocycles. The van der Waals surface area contributed by atoms with Crippen molar-refractivity contribution in [2.75, 3.05) is 29.0 Å². The number of carbonyl (C=O) groups is 4. The van der Waals surface area contributed by atoms with Gasteiger partial charge in [0.25, 0.3) is 5.91 Å². The van der Waals surface area contributed by atoms with Crippen LogP contribution in [0, 0.1) is 5.92 Å². The Balaban J connectivity index is 0.909. The third-order valence-corrected chi connectivity index (χ3v) is 10.2. The third-order valence-electron chi connectivity index (χ3n) is 10.2. The second-order valence-corrected chi connectivity index (χ2v) is 14.0. The summed E-state index contributed by atoms with van der Waals surface area (Å²) in [5.41, 5.74) is 5.73. The van der Waals surface area contributed by atoms with Crippen molar-refractivity contribution in [1.29, 1.82) is 0 Å². The fourth-order valence-electron chi connectivity index (χ4n) is 7.08. The van der Waals surface area contributed by atoms with Crippen LogP contribution in [-0.4, -0.2) is 58.6 Å². The van der Waals surface area contributed by atoms with Crippen molar-refractivity contribution >= 4 is 52.8 Å². The van der Waals surface area contributed by atoms with Crippen molar-refractivity contribution in [1.82, 2.24) is 9.80 Å². The molecule has 0 bridgehead atoms. The summed E-state index contributed by atoms with van der Waals surface area (Å²) in [7, 11) is 0. The van der Waals surface area contributed by atoms with Crippen LogP contribution >= 0.6 is 0 Å². The second-order valence-electron chi connectivity index (χ2n) is 14.0. The summed E-state index contributed by atoms with van der Waals surface area (Å²) in [4.78, 5) is 56.3. The van der Waals surface area contributed by atoms with Gasteiger partial charge in [-0.2, -0.15) is 0 Å². The lowest BCUT2D eigenvalue weighted by Crippen LogP contribution is -2.43. The van der Waals surface area contributed by atoms with E-state index in [1.54, 1.807) is 9.80 Å². The van der Waals surface area contributed by atoms with Gasteiger partial charge in [0.1, 0.15) is 12.1 Å². The van der Waals surface area contributed by atoms with Gasteiger partial charge < -0.3 is 25.8 Å². The Hall–Kier alpha value is -5.70. The number of nitrogens with one attached hydrogen (secondary N) is 3. The average molecular weight is 696 g/mol. The zero-order valence-electron chi connectivity index (χ0n) is 29.3. The minimum atomic E-state index is -0.547. The molecule has 4 aromatic rings. The first kappa shape index (κ1) is 34.7. The van der Waals surface area contributed by atoms with E-state index >= 15 is 0 Å². The van der Waals surface area contributed by atoms with Crippen LogP contribution in [0.5, 0.6) is 0 Å². The van der Waals surface area contributed by atoms with E-state index in [0.717, 1.165) is 48.1 Å². The molecule has 0 radical (unpaired) electrons. The zero-order chi connectivity index (χ0) is 35.9. The van der Waals surface area contributed by atoms with Crippen molar-refractivity contribution in [3.63, 3.8) is 0 Å². The Kier molecular flexibility index (Phi) is 10.8. The molecule has 1 saturated carbocycles. The van der Waals surface area contributed by atoms with Crippen LogP contribution in [0.25, 0.3) is 12.2 Å². The number of para-hydroxylation sites is 1. The molecule has 9 nitrogen and oxygen atoms in total. The van der Waals surface area contributed by atoms with E-state index in [1.165, 1.54) is 0 Å². The van der Waals surface area contributed by atoms with Gasteiger partial charge in [-0.25, -0.2) is 0 Å². The normalized spacial score (nSPS) is 18.4. The van der Waals surface area contributed by atoms with Crippen LogP contribution < -0.4 is 16.0 Å². The maximum Gasteiger partial charge on any atom is 0.256 e. The molecule has 2 atom stereocenters. The smallest absolute Gasteiger partial charge is 0.256 e. The molecular formula is C43H45N5O4. The number of rotatable bonds is 12. The molecular weight excluding hydrogens is 651 g/mol. The number of likely N-dealkylation sites (tertiary alicyclic amines) is 2. The first-order chi connectivity index (χ1) is 25.4. The Labute approximate surface area is 305 Å². The minimum absolute atomic E-state index is 0.105. The molecule has 2 saturated heterocycles. The van der Waals surface area contributed by atoms with E-state index in [-0.39, 0.29) is 23.6 Å². The summed E-state index contributed by atoms with van der Waals surface area (Å²) in [6, 6.07) is 31.8. The monoisotopic (exact) mass is 695 g/mol. The van der Waals surface area contributed by atoms with Gasteiger partial charge >= 0.3 is 0 Å². The Morgan fingerprint density at radius 1 is 0.615 bits per heavy atom. The molecule has 2 heterocycles. The predicted molar refractivity (Wildman–Crippen MR) is 205 cm³/mol. The van der Waals surface area contributed by atoms with E-state index in [9.17, 15) is 19.2 Å². The van der Waals surface area contributed by atoms with Gasteiger partial charge in [-0.3, -0.25) is 19.2 Å². The molecule has 7 rings (SSSR count). The van der Waals surface area contributed by atoms with Crippen LogP contribution in [0.15, 0.2) is 103 Å². The minimum Gasteiger partial charge on any atom is -0.380 e. The lowest BCUT2D eigenvalue weighted by atomic mass is 10.1. The number of nitrogens with zero attached hydrogens (tertiary/aromatic N) is 2. The van der Waals surface area contributed by atoms with Crippen molar-refractivity contribution in [2.45, 2.75) is 63.6 Å². The number of benzene rings is 4. The number of carbonyl (C=O) groups excluding carboxylic acids is 4. The van der Waals surface area contributed by atoms with Crippen molar-refractivity contribution in [3.8, 4) is 0 Å². The molecule has 3 fully saturated rings. The van der Waals surface area contributed by atoms with Crippen LogP contribution in [-0.2, 0) is 20.9 Å². The highest BCUT2D eigenvalue weighted by molar-refractivity contribution is 6.04. The molecule has 0 aromatic heterocycles. The lowest BCUT2D eigenvalue weighted by molar-refractivity contribution is -0.136. The number of amides is 4. The molecule has 3 aliphatic rings. The maximum atomic E-state index is 13.7. The van der Waals surface area contributed by atoms with Crippen LogP contribution in [0.1, 0.15) is 72.0 Å². The molecule has 2 aliphatic heterocycles. The van der Waals surface area contributed by atoms with Crippen molar-refractivity contribution in [2.24, 2.45) is 5.92 Å². The number of hydrogen-bond donors (Lipinski definition) is 3. The van der Waals surface area contributed by atoms with Gasteiger partial charge in [0, 0.05) is 43.1 Å². The average Bonchev–Trinajstić information content (AvgIpc) is 3.61. The molecule has 266 valence electrons. The second kappa shape index (κ2) is 16.1. The Bertz CT molecular complexity index is 1920. The summed E-state index contributed by atoms with van der Waals surface area (Å²) < 4.78 is 0. The summed E-state index contributed by atoms with van der Waals surface area (Å²) >= 11 is 0. The highest BCUT2D eigenvalue weighted by Gasteiger charge is 2.37. The SMILES string of the molecule is O=C(Nc1ccc(/C=C/c2ccc(NC(=O)[C@@H]3CCCN3C(=O)c3ccccc3NCc3ccccc3)cc2)cc1)[C@@H]1CCCN1C(=O)CC1CC1. The summed E-state index contributed by atoms with van der Waals surface area (Å²) in [5, 5.41) is 9.40. The molecule has 4 amide bonds. The Morgan fingerprint density at radius 2 is 1.15 bits per heavy atom. The van der Waals surface area contributed by atoms with E-state index in [4.69, 9.17) is 0 Å². The first-order valence-corrected chi connectivity index (χ1v) is 18.4. The van der Waals surface area contributed by atoms with E-state index in [0.29, 0.717) is 61.8 Å². The highest BCUT2D eigenvalue weighted by atomic mass is 16.2. The standard InChI is InChI=1S/C43H45N5O4/c49-40(28-32-16-17-32)47-26-6-12-38(47)41(50)45-34-22-18-30(19-23-34)14-15-31-20-24-35(25-21-31)46-42(51)39-13-7-27-48(39)43(52)36-10-4-5-11-37(36)44-29-33-8-2-1-3-9-33/h1-5,8-11,14-15,18-25,32,38-39,44H,6-7,12-13,16-17,26-29H2,(H,45,50)(H,46,51)/b15-14+/t38-,39-/m0/s1. The number of hydrogen-bond acceptors (Lipinski definition) is 5.